The predicted octanol–water partition coefficient (Wildman–Crippen LogP) is 2.21. The highest BCUT2D eigenvalue weighted by Crippen LogP contribution is 2.26. The summed E-state index contributed by atoms with van der Waals surface area (Å²) in [6.45, 7) is 3.11. The Hall–Kier alpha value is -0.570. The van der Waals surface area contributed by atoms with Crippen molar-refractivity contribution in [3.8, 4) is 0 Å². The zero-order chi connectivity index (χ0) is 12.1. The van der Waals surface area contributed by atoms with E-state index in [0.717, 1.165) is 31.7 Å². The van der Waals surface area contributed by atoms with Gasteiger partial charge in [-0.15, -0.1) is 0 Å². The van der Waals surface area contributed by atoms with Gasteiger partial charge in [0.05, 0.1) is 6.04 Å². The van der Waals surface area contributed by atoms with E-state index in [1.54, 1.807) is 0 Å². The zero-order valence-corrected chi connectivity index (χ0v) is 11.0. The van der Waals surface area contributed by atoms with Gasteiger partial charge in [-0.2, -0.15) is 0 Å². The summed E-state index contributed by atoms with van der Waals surface area (Å²) in [7, 11) is 0. The molecule has 2 rings (SSSR count). The van der Waals surface area contributed by atoms with Gasteiger partial charge in [0.2, 0.25) is 5.91 Å². The molecular formula is C14H26N2O. The fraction of sp³-hybridized carbons (Fsp3) is 0.929. The largest absolute Gasteiger partial charge is 0.355 e. The first-order valence-electron chi connectivity index (χ1n) is 7.31. The lowest BCUT2D eigenvalue weighted by Gasteiger charge is -2.31. The number of carbonyl (C=O) groups is 1. The molecule has 0 bridgehead atoms. The van der Waals surface area contributed by atoms with Crippen LogP contribution in [0.4, 0.5) is 0 Å². The zero-order valence-electron chi connectivity index (χ0n) is 11.0. The molecule has 2 fully saturated rings. The predicted molar refractivity (Wildman–Crippen MR) is 69.8 cm³/mol. The summed E-state index contributed by atoms with van der Waals surface area (Å²) in [5.74, 6) is 0.991. The Labute approximate surface area is 105 Å². The lowest BCUT2D eigenvalue weighted by atomic mass is 9.84. The van der Waals surface area contributed by atoms with Crippen LogP contribution >= 0.6 is 0 Å². The van der Waals surface area contributed by atoms with Gasteiger partial charge >= 0.3 is 0 Å². The summed E-state index contributed by atoms with van der Waals surface area (Å²) in [6, 6.07) is 0.540. The number of rotatable bonds is 3. The second-order valence-electron chi connectivity index (χ2n) is 5.69. The molecule has 1 aliphatic heterocycles. The van der Waals surface area contributed by atoms with Gasteiger partial charge in [-0.1, -0.05) is 19.3 Å². The smallest absolute Gasteiger partial charge is 0.237 e. The molecule has 0 aromatic rings. The standard InChI is InChI=1S/C14H26N2O/c1-11(12-7-3-2-4-8-12)16-13-9-5-6-10-15-14(13)17/h11-13,16H,2-10H2,1H3,(H,15,17). The van der Waals surface area contributed by atoms with Crippen LogP contribution in [0, 0.1) is 5.92 Å². The van der Waals surface area contributed by atoms with Gasteiger partial charge in [0.15, 0.2) is 0 Å². The minimum atomic E-state index is 0.0504. The van der Waals surface area contributed by atoms with Gasteiger partial charge in [0.1, 0.15) is 0 Å². The van der Waals surface area contributed by atoms with Crippen LogP contribution in [0.1, 0.15) is 58.3 Å². The summed E-state index contributed by atoms with van der Waals surface area (Å²) in [4.78, 5) is 11.9. The Morgan fingerprint density at radius 3 is 2.59 bits per heavy atom. The molecule has 1 saturated heterocycles. The van der Waals surface area contributed by atoms with E-state index in [0.29, 0.717) is 6.04 Å². The van der Waals surface area contributed by atoms with E-state index < -0.39 is 0 Å². The molecule has 0 aromatic heterocycles. The van der Waals surface area contributed by atoms with E-state index in [1.165, 1.54) is 32.1 Å². The first-order chi connectivity index (χ1) is 8.27. The summed E-state index contributed by atoms with van der Waals surface area (Å²) in [5.41, 5.74) is 0. The Morgan fingerprint density at radius 1 is 1.12 bits per heavy atom. The van der Waals surface area contributed by atoms with Crippen molar-refractivity contribution < 1.29 is 4.79 Å². The maximum Gasteiger partial charge on any atom is 0.237 e. The van der Waals surface area contributed by atoms with E-state index in [2.05, 4.69) is 17.6 Å². The number of nitrogens with one attached hydrogen (secondary N) is 2. The number of carbonyl (C=O) groups excluding carboxylic acids is 1. The Bertz CT molecular complexity index is 249. The highest BCUT2D eigenvalue weighted by atomic mass is 16.2. The maximum absolute atomic E-state index is 11.9. The molecule has 2 aliphatic rings. The summed E-state index contributed by atoms with van der Waals surface area (Å²) in [6.07, 6.45) is 10.1. The lowest BCUT2D eigenvalue weighted by molar-refractivity contribution is -0.123. The van der Waals surface area contributed by atoms with E-state index in [9.17, 15) is 4.79 Å². The van der Waals surface area contributed by atoms with Crippen molar-refractivity contribution in [2.75, 3.05) is 6.54 Å². The molecule has 1 aliphatic carbocycles. The number of hydrogen-bond acceptors (Lipinski definition) is 2. The summed E-state index contributed by atoms with van der Waals surface area (Å²) in [5, 5.41) is 6.57. The fourth-order valence-electron chi connectivity index (χ4n) is 3.19. The van der Waals surface area contributed by atoms with Gasteiger partial charge in [-0.3, -0.25) is 4.79 Å². The lowest BCUT2D eigenvalue weighted by Crippen LogP contribution is -2.48. The molecule has 3 heteroatoms. The van der Waals surface area contributed by atoms with Crippen molar-refractivity contribution in [3.63, 3.8) is 0 Å². The number of hydrogen-bond donors (Lipinski definition) is 2. The van der Waals surface area contributed by atoms with Gasteiger partial charge in [0.25, 0.3) is 0 Å². The van der Waals surface area contributed by atoms with Crippen LogP contribution in [0.25, 0.3) is 0 Å². The molecular weight excluding hydrogens is 212 g/mol. The van der Waals surface area contributed by atoms with Gasteiger partial charge in [-0.25, -0.2) is 0 Å². The Kier molecular flexibility index (Phi) is 4.84. The van der Waals surface area contributed by atoms with Gasteiger partial charge in [-0.05, 0) is 44.9 Å². The highest BCUT2D eigenvalue weighted by molar-refractivity contribution is 5.81. The van der Waals surface area contributed by atoms with E-state index in [4.69, 9.17) is 0 Å². The van der Waals surface area contributed by atoms with Crippen molar-refractivity contribution in [1.82, 2.24) is 10.6 Å². The van der Waals surface area contributed by atoms with Crippen molar-refractivity contribution in [2.24, 2.45) is 5.92 Å². The van der Waals surface area contributed by atoms with Crippen LogP contribution in [-0.2, 0) is 4.79 Å². The van der Waals surface area contributed by atoms with Crippen LogP contribution in [0.3, 0.4) is 0 Å². The monoisotopic (exact) mass is 238 g/mol. The number of amides is 1. The molecule has 2 atom stereocenters. The van der Waals surface area contributed by atoms with Gasteiger partial charge < -0.3 is 10.6 Å². The van der Waals surface area contributed by atoms with E-state index in [1.807, 2.05) is 0 Å². The van der Waals surface area contributed by atoms with E-state index >= 15 is 0 Å². The second-order valence-corrected chi connectivity index (χ2v) is 5.69. The molecule has 0 spiro atoms. The van der Waals surface area contributed by atoms with Crippen LogP contribution in [0.5, 0.6) is 0 Å². The first-order valence-corrected chi connectivity index (χ1v) is 7.31. The molecule has 1 heterocycles. The van der Waals surface area contributed by atoms with Gasteiger partial charge in [0, 0.05) is 12.6 Å². The quantitative estimate of drug-likeness (QED) is 0.791. The Balaban J connectivity index is 1.83. The van der Waals surface area contributed by atoms with Crippen molar-refractivity contribution >= 4 is 5.91 Å². The van der Waals surface area contributed by atoms with Crippen LogP contribution in [0.2, 0.25) is 0 Å². The molecule has 1 saturated carbocycles. The summed E-state index contributed by atoms with van der Waals surface area (Å²) < 4.78 is 0. The van der Waals surface area contributed by atoms with E-state index in [-0.39, 0.29) is 11.9 Å². The third kappa shape index (κ3) is 3.70. The summed E-state index contributed by atoms with van der Waals surface area (Å²) >= 11 is 0. The fourth-order valence-corrected chi connectivity index (χ4v) is 3.19. The average Bonchev–Trinajstić information content (AvgIpc) is 2.56. The maximum atomic E-state index is 11.9. The molecule has 0 radical (unpaired) electrons. The molecule has 2 unspecified atom stereocenters. The van der Waals surface area contributed by atoms with Crippen molar-refractivity contribution in [1.29, 1.82) is 0 Å². The van der Waals surface area contributed by atoms with Crippen LogP contribution in [0.15, 0.2) is 0 Å². The van der Waals surface area contributed by atoms with Crippen molar-refractivity contribution in [3.05, 3.63) is 0 Å². The molecule has 3 nitrogen and oxygen atoms in total. The average molecular weight is 238 g/mol. The van der Waals surface area contributed by atoms with Crippen molar-refractivity contribution in [2.45, 2.75) is 70.4 Å². The first kappa shape index (κ1) is 12.9. The highest BCUT2D eigenvalue weighted by Gasteiger charge is 2.26. The third-order valence-corrected chi connectivity index (χ3v) is 4.36. The molecule has 98 valence electrons. The molecule has 17 heavy (non-hydrogen) atoms. The normalized spacial score (nSPS) is 29.5. The second kappa shape index (κ2) is 6.39. The van der Waals surface area contributed by atoms with Crippen LogP contribution < -0.4 is 10.6 Å². The van der Waals surface area contributed by atoms with Crippen LogP contribution in [-0.4, -0.2) is 24.5 Å². The minimum Gasteiger partial charge on any atom is -0.355 e. The molecule has 0 aromatic carbocycles. The molecule has 2 N–H and O–H groups in total. The molecule has 1 amide bonds. The topological polar surface area (TPSA) is 41.1 Å². The SMILES string of the molecule is CC(NC1CCCCNC1=O)C1CCCCC1. The third-order valence-electron chi connectivity index (χ3n) is 4.36. The minimum absolute atomic E-state index is 0.0504. The Morgan fingerprint density at radius 2 is 1.82 bits per heavy atom.